The van der Waals surface area contributed by atoms with E-state index in [1.807, 2.05) is 12.1 Å². The molecule has 2 amide bonds. The number of carbonyl (C=O) groups is 4. The van der Waals surface area contributed by atoms with Crippen LogP contribution >= 0.6 is 11.6 Å². The first-order valence-corrected chi connectivity index (χ1v) is 15.6. The minimum absolute atomic E-state index is 0.0300. The number of rotatable bonds is 8. The Bertz CT molecular complexity index is 2550. The third-order valence-corrected chi connectivity index (χ3v) is 7.87. The maximum Gasteiger partial charge on any atom is 0.416 e. The van der Waals surface area contributed by atoms with Crippen LogP contribution in [0.1, 0.15) is 58.4 Å². The van der Waals surface area contributed by atoms with E-state index in [0.717, 1.165) is 42.5 Å². The number of alkyl halides is 3. The summed E-state index contributed by atoms with van der Waals surface area (Å²) in [5.74, 6) is -4.27. The average Bonchev–Trinajstić information content (AvgIpc) is 3.87. The van der Waals surface area contributed by atoms with Crippen LogP contribution in [0.2, 0.25) is 5.02 Å². The molecule has 54 heavy (non-hydrogen) atoms. The van der Waals surface area contributed by atoms with Crippen LogP contribution in [0.25, 0.3) is 22.6 Å². The number of anilines is 2. The maximum atomic E-state index is 13.4. The van der Waals surface area contributed by atoms with Crippen molar-refractivity contribution in [1.82, 2.24) is 10.3 Å². The second kappa shape index (κ2) is 15.0. The molecule has 0 aliphatic rings. The highest BCUT2D eigenvalue weighted by Crippen LogP contribution is 2.32. The van der Waals surface area contributed by atoms with E-state index in [4.69, 9.17) is 25.4 Å². The number of carbonyl (C=O) groups excluding carboxylic acids is 4. The third-order valence-electron chi connectivity index (χ3n) is 7.54. The fraction of sp³-hybridized carbons (Fsp3) is 0.0270. The largest absolute Gasteiger partial charge is 0.416 e. The molecule has 4 aromatic carbocycles. The molecule has 2 heterocycles. The normalized spacial score (nSPS) is 10.9. The first-order chi connectivity index (χ1) is 25.8. The van der Waals surface area contributed by atoms with Gasteiger partial charge in [-0.1, -0.05) is 46.2 Å². The summed E-state index contributed by atoms with van der Waals surface area (Å²) in [6.45, 7) is 0. The maximum absolute atomic E-state index is 13.4. The minimum Gasteiger partial charge on any atom is -0.386 e. The van der Waals surface area contributed by atoms with Gasteiger partial charge >= 0.3 is 18.1 Å². The van der Waals surface area contributed by atoms with E-state index in [1.54, 1.807) is 24.3 Å². The zero-order valence-corrected chi connectivity index (χ0v) is 27.7. The number of ether oxygens (including phenoxy) is 1. The van der Waals surface area contributed by atoms with Gasteiger partial charge in [0.05, 0.1) is 56.4 Å². The first-order valence-electron chi connectivity index (χ1n) is 15.2. The number of amides is 2. The molecule has 0 unspecified atom stereocenters. The zero-order valence-electron chi connectivity index (χ0n) is 26.9. The number of benzene rings is 4. The molecular formula is C37H18ClF3N6O7. The van der Waals surface area contributed by atoms with Crippen LogP contribution in [0.5, 0.6) is 0 Å². The third kappa shape index (κ3) is 7.84. The van der Waals surface area contributed by atoms with Crippen LogP contribution < -0.4 is 10.6 Å². The van der Waals surface area contributed by atoms with Crippen molar-refractivity contribution in [3.63, 3.8) is 0 Å². The summed E-state index contributed by atoms with van der Waals surface area (Å²) in [7, 11) is 0. The molecule has 0 aliphatic heterocycles. The van der Waals surface area contributed by atoms with Crippen molar-refractivity contribution in [2.24, 2.45) is 0 Å². The Balaban J connectivity index is 1.20. The lowest BCUT2D eigenvalue weighted by Crippen LogP contribution is -2.20. The van der Waals surface area contributed by atoms with Gasteiger partial charge in [0.15, 0.2) is 22.9 Å². The molecule has 0 bridgehead atoms. The lowest BCUT2D eigenvalue weighted by atomic mass is 10.1. The predicted octanol–water partition coefficient (Wildman–Crippen LogP) is 7.91. The van der Waals surface area contributed by atoms with Crippen LogP contribution in [0, 0.1) is 22.7 Å². The number of aromatic nitrogens is 2. The summed E-state index contributed by atoms with van der Waals surface area (Å²) in [6.07, 6.45) is -4.56. The van der Waals surface area contributed by atoms with Crippen LogP contribution in [0.4, 0.5) is 24.5 Å². The second-order valence-corrected chi connectivity index (χ2v) is 11.4. The van der Waals surface area contributed by atoms with Gasteiger partial charge in [0.25, 0.3) is 11.8 Å². The van der Waals surface area contributed by atoms with E-state index in [1.165, 1.54) is 30.3 Å². The van der Waals surface area contributed by atoms with E-state index >= 15 is 0 Å². The summed E-state index contributed by atoms with van der Waals surface area (Å²) >= 11 is 6.20. The lowest BCUT2D eigenvalue weighted by molar-refractivity contribution is -0.137. The Hall–Kier alpha value is -7.56. The molecule has 266 valence electrons. The van der Waals surface area contributed by atoms with Gasteiger partial charge < -0.3 is 24.4 Å². The molecule has 0 spiro atoms. The standard InChI is InChI=1S/C37H18ClF3N6O7/c38-26-4-2-1-3-23(26)32-16-30(47-54-32)34(49)45-28-12-6-20(18-43)14-25(28)36(51)52-35(50)24-13-19(17-42)5-11-27(24)44-33(48)29-15-31(53-46-29)21-7-9-22(10-8-21)37(39,40)41/h1-16H,(H,44,48)(H,45,49). The Labute approximate surface area is 306 Å². The molecule has 0 saturated carbocycles. The van der Waals surface area contributed by atoms with Crippen LogP contribution in [0.15, 0.2) is 106 Å². The molecule has 17 heteroatoms. The summed E-state index contributed by atoms with van der Waals surface area (Å²) < 4.78 is 54.3. The van der Waals surface area contributed by atoms with Crippen molar-refractivity contribution in [2.75, 3.05) is 10.6 Å². The molecule has 6 rings (SSSR count). The molecule has 0 saturated heterocycles. The number of nitriles is 2. The fourth-order valence-corrected chi connectivity index (χ4v) is 5.09. The Morgan fingerprint density at radius 2 is 1.19 bits per heavy atom. The van der Waals surface area contributed by atoms with E-state index in [-0.39, 0.29) is 51.0 Å². The predicted molar refractivity (Wildman–Crippen MR) is 182 cm³/mol. The summed E-state index contributed by atoms with van der Waals surface area (Å²) in [5.41, 5.74) is -2.10. The SMILES string of the molecule is N#Cc1ccc(NC(=O)c2cc(-c3ccc(C(F)(F)F)cc3)on2)c(C(=O)OC(=O)c2cc(C#N)ccc2NC(=O)c2cc(-c3ccccc3Cl)on2)c1. The van der Waals surface area contributed by atoms with Gasteiger partial charge in [-0.3, -0.25) is 9.59 Å². The van der Waals surface area contributed by atoms with Gasteiger partial charge in [-0.25, -0.2) is 9.59 Å². The van der Waals surface area contributed by atoms with Gasteiger partial charge in [-0.05, 0) is 60.7 Å². The molecule has 0 aliphatic carbocycles. The highest BCUT2D eigenvalue weighted by Gasteiger charge is 2.30. The zero-order chi connectivity index (χ0) is 38.6. The van der Waals surface area contributed by atoms with Gasteiger partial charge in [0.1, 0.15) is 0 Å². The van der Waals surface area contributed by atoms with Crippen LogP contribution in [0.3, 0.4) is 0 Å². The molecule has 2 N–H and O–H groups in total. The van der Waals surface area contributed by atoms with Gasteiger partial charge in [0.2, 0.25) is 0 Å². The molecule has 6 aromatic rings. The Kier molecular flexibility index (Phi) is 10.0. The smallest absolute Gasteiger partial charge is 0.386 e. The number of halogens is 4. The molecule has 0 radical (unpaired) electrons. The molecule has 13 nitrogen and oxygen atoms in total. The number of nitrogens with one attached hydrogen (secondary N) is 2. The highest BCUT2D eigenvalue weighted by atomic mass is 35.5. The van der Waals surface area contributed by atoms with Crippen molar-refractivity contribution < 1.29 is 46.1 Å². The molecule has 2 aromatic heterocycles. The van der Waals surface area contributed by atoms with Crippen molar-refractivity contribution in [3.8, 4) is 34.8 Å². The van der Waals surface area contributed by atoms with Crippen LogP contribution in [-0.4, -0.2) is 34.1 Å². The average molecular weight is 751 g/mol. The van der Waals surface area contributed by atoms with Gasteiger partial charge in [-0.2, -0.15) is 23.7 Å². The first kappa shape index (κ1) is 36.2. The van der Waals surface area contributed by atoms with Crippen molar-refractivity contribution in [3.05, 3.63) is 141 Å². The summed E-state index contributed by atoms with van der Waals surface area (Å²) in [4.78, 5) is 53.0. The number of hydrogen-bond acceptors (Lipinski definition) is 11. The number of esters is 2. The topological polar surface area (TPSA) is 201 Å². The molecule has 0 atom stereocenters. The van der Waals surface area contributed by atoms with Crippen molar-refractivity contribution in [1.29, 1.82) is 10.5 Å². The Morgan fingerprint density at radius 3 is 1.69 bits per heavy atom. The summed E-state index contributed by atoms with van der Waals surface area (Å²) in [5, 5.41) is 31.5. The monoisotopic (exact) mass is 750 g/mol. The molecule has 0 fully saturated rings. The van der Waals surface area contributed by atoms with Gasteiger partial charge in [-0.15, -0.1) is 0 Å². The number of hydrogen-bond donors (Lipinski definition) is 2. The highest BCUT2D eigenvalue weighted by molar-refractivity contribution is 6.33. The summed E-state index contributed by atoms with van der Waals surface area (Å²) in [6, 6.07) is 23.8. The Morgan fingerprint density at radius 1 is 0.685 bits per heavy atom. The fourth-order valence-electron chi connectivity index (χ4n) is 4.86. The van der Waals surface area contributed by atoms with E-state index in [2.05, 4.69) is 20.9 Å². The quantitative estimate of drug-likeness (QED) is 0.113. The second-order valence-electron chi connectivity index (χ2n) is 11.0. The van der Waals surface area contributed by atoms with Crippen LogP contribution in [-0.2, 0) is 10.9 Å². The van der Waals surface area contributed by atoms with Crippen molar-refractivity contribution in [2.45, 2.75) is 6.18 Å². The van der Waals surface area contributed by atoms with E-state index < -0.39 is 46.6 Å². The van der Waals surface area contributed by atoms with Gasteiger partial charge in [0, 0.05) is 23.3 Å². The minimum atomic E-state index is -4.56. The van der Waals surface area contributed by atoms with Crippen molar-refractivity contribution >= 4 is 46.7 Å². The van der Waals surface area contributed by atoms with E-state index in [0.29, 0.717) is 10.6 Å². The van der Waals surface area contributed by atoms with E-state index in [9.17, 15) is 42.9 Å². The number of nitrogens with zero attached hydrogens (tertiary/aromatic N) is 4. The lowest BCUT2D eigenvalue weighted by Gasteiger charge is -2.12. The molecular weight excluding hydrogens is 733 g/mol.